The minimum Gasteiger partial charge on any atom is -0.396 e. The van der Waals surface area contributed by atoms with Crippen molar-refractivity contribution in [3.63, 3.8) is 0 Å². The summed E-state index contributed by atoms with van der Waals surface area (Å²) in [4.78, 5) is 8.98. The van der Waals surface area contributed by atoms with E-state index in [1.807, 2.05) is 18.5 Å². The Kier molecular flexibility index (Phi) is 3.83. The summed E-state index contributed by atoms with van der Waals surface area (Å²) in [7, 11) is 0. The van der Waals surface area contributed by atoms with Crippen molar-refractivity contribution in [3.8, 4) is 11.4 Å². The molecule has 0 amide bonds. The van der Waals surface area contributed by atoms with Gasteiger partial charge in [0.05, 0.1) is 5.52 Å². The van der Waals surface area contributed by atoms with Gasteiger partial charge in [-0.15, -0.1) is 0 Å². The maximum atomic E-state index is 9.48. The fourth-order valence-electron chi connectivity index (χ4n) is 3.73. The lowest BCUT2D eigenvalue weighted by atomic mass is 9.86. The Morgan fingerprint density at radius 2 is 2.09 bits per heavy atom. The normalized spacial score (nSPS) is 21.6. The first-order valence-electron chi connectivity index (χ1n) is 8.34. The zero-order valence-electron chi connectivity index (χ0n) is 13.1. The molecule has 0 saturated heterocycles. The van der Waals surface area contributed by atoms with E-state index >= 15 is 0 Å². The van der Waals surface area contributed by atoms with Crippen LogP contribution in [-0.2, 0) is 0 Å². The molecule has 0 spiro atoms. The van der Waals surface area contributed by atoms with Crippen molar-refractivity contribution in [1.82, 2.24) is 14.5 Å². The fraction of sp³-hybridized carbons (Fsp3) is 0.368. The standard InChI is InChI=1S/C19H21N3O/c23-13-14-3-1-5-17(11-14)22-10-9-21-19(22)16-6-7-18-15(12-16)4-2-8-20-18/h2,4,6-10,12,14,17,23H,1,3,5,11,13H2/t14-,17-/m1/s1. The van der Waals surface area contributed by atoms with E-state index in [9.17, 15) is 5.11 Å². The molecule has 0 radical (unpaired) electrons. The molecule has 23 heavy (non-hydrogen) atoms. The van der Waals surface area contributed by atoms with Gasteiger partial charge >= 0.3 is 0 Å². The van der Waals surface area contributed by atoms with Crippen molar-refractivity contribution in [2.24, 2.45) is 5.92 Å². The van der Waals surface area contributed by atoms with Crippen LogP contribution >= 0.6 is 0 Å². The maximum Gasteiger partial charge on any atom is 0.140 e. The van der Waals surface area contributed by atoms with Crippen molar-refractivity contribution >= 4 is 10.9 Å². The molecule has 3 aromatic rings. The monoisotopic (exact) mass is 307 g/mol. The summed E-state index contributed by atoms with van der Waals surface area (Å²) in [6.07, 6.45) is 10.3. The molecule has 0 bridgehead atoms. The van der Waals surface area contributed by atoms with Gasteiger partial charge in [0.1, 0.15) is 5.82 Å². The Hall–Kier alpha value is -2.20. The molecule has 1 N–H and O–H groups in total. The highest BCUT2D eigenvalue weighted by Gasteiger charge is 2.24. The van der Waals surface area contributed by atoms with Crippen LogP contribution in [0.3, 0.4) is 0 Å². The summed E-state index contributed by atoms with van der Waals surface area (Å²) in [6.45, 7) is 0.294. The van der Waals surface area contributed by atoms with Crippen molar-refractivity contribution in [1.29, 1.82) is 0 Å². The number of hydrogen-bond acceptors (Lipinski definition) is 3. The van der Waals surface area contributed by atoms with Crippen molar-refractivity contribution in [2.45, 2.75) is 31.7 Å². The number of nitrogens with zero attached hydrogens (tertiary/aromatic N) is 3. The van der Waals surface area contributed by atoms with Gasteiger partial charge in [0, 0.05) is 42.2 Å². The van der Waals surface area contributed by atoms with Crippen LogP contribution in [0.5, 0.6) is 0 Å². The van der Waals surface area contributed by atoms with E-state index in [-0.39, 0.29) is 0 Å². The second-order valence-corrected chi connectivity index (χ2v) is 6.44. The highest BCUT2D eigenvalue weighted by atomic mass is 16.3. The molecule has 2 heterocycles. The average molecular weight is 307 g/mol. The van der Waals surface area contributed by atoms with Crippen LogP contribution in [0.1, 0.15) is 31.7 Å². The molecule has 0 unspecified atom stereocenters. The highest BCUT2D eigenvalue weighted by molar-refractivity contribution is 5.83. The molecular formula is C19H21N3O. The third-order valence-electron chi connectivity index (χ3n) is 4.94. The van der Waals surface area contributed by atoms with Crippen molar-refractivity contribution in [2.75, 3.05) is 6.61 Å². The Balaban J connectivity index is 1.70. The van der Waals surface area contributed by atoms with Crippen LogP contribution in [0.4, 0.5) is 0 Å². The molecule has 1 saturated carbocycles. The molecule has 1 aromatic carbocycles. The Bertz CT molecular complexity index is 811. The molecule has 4 rings (SSSR count). The van der Waals surface area contributed by atoms with Crippen LogP contribution in [0.15, 0.2) is 48.9 Å². The van der Waals surface area contributed by atoms with Gasteiger partial charge in [-0.05, 0) is 49.4 Å². The SMILES string of the molecule is OC[C@@H]1CCC[C@@H](n2ccnc2-c2ccc3ncccc3c2)C1. The average Bonchev–Trinajstić information content (AvgIpc) is 3.11. The van der Waals surface area contributed by atoms with Gasteiger partial charge < -0.3 is 9.67 Å². The predicted octanol–water partition coefficient (Wildman–Crippen LogP) is 3.82. The summed E-state index contributed by atoms with van der Waals surface area (Å²) in [5.74, 6) is 1.43. The molecule has 4 heteroatoms. The molecule has 2 atom stereocenters. The van der Waals surface area contributed by atoms with Gasteiger partial charge in [0.15, 0.2) is 0 Å². The molecule has 1 fully saturated rings. The summed E-state index contributed by atoms with van der Waals surface area (Å²) in [5, 5.41) is 10.6. The maximum absolute atomic E-state index is 9.48. The van der Waals surface area contributed by atoms with Crippen LogP contribution in [0.2, 0.25) is 0 Å². The van der Waals surface area contributed by atoms with E-state index < -0.39 is 0 Å². The Labute approximate surface area is 135 Å². The minimum absolute atomic E-state index is 0.294. The minimum atomic E-state index is 0.294. The molecule has 118 valence electrons. The summed E-state index contributed by atoms with van der Waals surface area (Å²) in [6, 6.07) is 10.8. The number of aliphatic hydroxyl groups is 1. The largest absolute Gasteiger partial charge is 0.396 e. The predicted molar refractivity (Wildman–Crippen MR) is 91.0 cm³/mol. The number of rotatable bonds is 3. The van der Waals surface area contributed by atoms with Crippen LogP contribution in [-0.4, -0.2) is 26.2 Å². The number of aromatic nitrogens is 3. The van der Waals surface area contributed by atoms with E-state index in [1.54, 1.807) is 0 Å². The van der Waals surface area contributed by atoms with Crippen LogP contribution in [0, 0.1) is 5.92 Å². The second kappa shape index (κ2) is 6.13. The Morgan fingerprint density at radius 3 is 3.00 bits per heavy atom. The van der Waals surface area contributed by atoms with Crippen LogP contribution < -0.4 is 0 Å². The number of pyridine rings is 1. The number of imidazole rings is 1. The van der Waals surface area contributed by atoms with Crippen LogP contribution in [0.25, 0.3) is 22.3 Å². The first-order valence-corrected chi connectivity index (χ1v) is 8.34. The third kappa shape index (κ3) is 2.75. The number of hydrogen-bond donors (Lipinski definition) is 1. The first-order chi connectivity index (χ1) is 11.3. The lowest BCUT2D eigenvalue weighted by Crippen LogP contribution is -2.21. The van der Waals surface area contributed by atoms with Gasteiger partial charge in [0.25, 0.3) is 0 Å². The topological polar surface area (TPSA) is 50.9 Å². The van der Waals surface area contributed by atoms with Gasteiger partial charge in [-0.2, -0.15) is 0 Å². The van der Waals surface area contributed by atoms with Gasteiger partial charge in [-0.3, -0.25) is 4.98 Å². The molecule has 4 nitrogen and oxygen atoms in total. The first kappa shape index (κ1) is 14.4. The quantitative estimate of drug-likeness (QED) is 0.800. The summed E-state index contributed by atoms with van der Waals surface area (Å²) >= 11 is 0. The molecule has 1 aliphatic carbocycles. The third-order valence-corrected chi connectivity index (χ3v) is 4.94. The fourth-order valence-corrected chi connectivity index (χ4v) is 3.73. The van der Waals surface area contributed by atoms with Gasteiger partial charge in [0.2, 0.25) is 0 Å². The molecular weight excluding hydrogens is 286 g/mol. The van der Waals surface area contributed by atoms with E-state index in [4.69, 9.17) is 0 Å². The van der Waals surface area contributed by atoms with E-state index in [2.05, 4.69) is 45.0 Å². The smallest absolute Gasteiger partial charge is 0.140 e. The number of aliphatic hydroxyl groups excluding tert-OH is 1. The van der Waals surface area contributed by atoms with Crippen molar-refractivity contribution < 1.29 is 5.11 Å². The number of benzene rings is 1. The zero-order chi connectivity index (χ0) is 15.6. The lowest BCUT2D eigenvalue weighted by molar-refractivity contribution is 0.163. The van der Waals surface area contributed by atoms with Crippen molar-refractivity contribution in [3.05, 3.63) is 48.9 Å². The summed E-state index contributed by atoms with van der Waals surface area (Å²) in [5.41, 5.74) is 2.13. The molecule has 2 aromatic heterocycles. The molecule has 1 aliphatic rings. The highest BCUT2D eigenvalue weighted by Crippen LogP contribution is 2.35. The molecule has 0 aliphatic heterocycles. The Morgan fingerprint density at radius 1 is 1.13 bits per heavy atom. The van der Waals surface area contributed by atoms with E-state index in [1.165, 1.54) is 6.42 Å². The van der Waals surface area contributed by atoms with E-state index in [0.29, 0.717) is 18.6 Å². The van der Waals surface area contributed by atoms with Gasteiger partial charge in [-0.1, -0.05) is 12.5 Å². The zero-order valence-corrected chi connectivity index (χ0v) is 13.1. The number of fused-ring (bicyclic) bond motifs is 1. The van der Waals surface area contributed by atoms with E-state index in [0.717, 1.165) is 41.6 Å². The van der Waals surface area contributed by atoms with Gasteiger partial charge in [-0.25, -0.2) is 4.98 Å². The lowest BCUT2D eigenvalue weighted by Gasteiger charge is -2.30. The second-order valence-electron chi connectivity index (χ2n) is 6.44. The summed E-state index contributed by atoms with van der Waals surface area (Å²) < 4.78 is 2.29.